The molecule has 3 aromatic carbocycles. The van der Waals surface area contributed by atoms with Crippen LogP contribution in [-0.2, 0) is 14.3 Å². The van der Waals surface area contributed by atoms with Gasteiger partial charge in [-0.25, -0.2) is 14.6 Å². The van der Waals surface area contributed by atoms with Crippen LogP contribution in [0.2, 0.25) is 0 Å². The highest BCUT2D eigenvalue weighted by molar-refractivity contribution is 6.23. The monoisotopic (exact) mass is 797 g/mol. The van der Waals surface area contributed by atoms with Gasteiger partial charge < -0.3 is 25.0 Å². The number of hydrogen-bond acceptors (Lipinski definition) is 12. The number of rotatable bonds is 12. The van der Waals surface area contributed by atoms with Crippen LogP contribution in [0.1, 0.15) is 76.8 Å². The molecule has 5 aromatic rings. The van der Waals surface area contributed by atoms with Crippen molar-refractivity contribution in [3.8, 4) is 22.8 Å². The largest absolute Gasteiger partial charge is 0.457 e. The Balaban J connectivity index is 0.718. The van der Waals surface area contributed by atoms with E-state index in [1.807, 2.05) is 71.4 Å². The highest BCUT2D eigenvalue weighted by atomic mass is 16.5. The first kappa shape index (κ1) is 38.5. The quantitative estimate of drug-likeness (QED) is 0.130. The Morgan fingerprint density at radius 2 is 1.42 bits per heavy atom. The van der Waals surface area contributed by atoms with E-state index < -0.39 is 23.8 Å². The van der Waals surface area contributed by atoms with Crippen molar-refractivity contribution in [2.24, 2.45) is 0 Å². The molecule has 1 atom stereocenters. The van der Waals surface area contributed by atoms with Gasteiger partial charge in [-0.05, 0) is 105 Å². The van der Waals surface area contributed by atoms with E-state index in [2.05, 4.69) is 25.1 Å². The van der Waals surface area contributed by atoms with Crippen molar-refractivity contribution in [2.75, 3.05) is 58.2 Å². The predicted molar refractivity (Wildman–Crippen MR) is 219 cm³/mol. The highest BCUT2D eigenvalue weighted by Crippen LogP contribution is 2.36. The molecule has 0 radical (unpaired) electrons. The smallest absolute Gasteiger partial charge is 0.262 e. The first-order chi connectivity index (χ1) is 28.8. The molecule has 3 fully saturated rings. The van der Waals surface area contributed by atoms with E-state index in [0.717, 1.165) is 109 Å². The minimum Gasteiger partial charge on any atom is -0.457 e. The Morgan fingerprint density at radius 1 is 0.746 bits per heavy atom. The van der Waals surface area contributed by atoms with Crippen molar-refractivity contribution in [3.05, 3.63) is 95.8 Å². The number of fused-ring (bicyclic) bond motifs is 2. The van der Waals surface area contributed by atoms with E-state index in [9.17, 15) is 19.2 Å². The van der Waals surface area contributed by atoms with Crippen LogP contribution in [-0.4, -0.2) is 117 Å². The summed E-state index contributed by atoms with van der Waals surface area (Å²) in [4.78, 5) is 65.3. The summed E-state index contributed by atoms with van der Waals surface area (Å²) in [5.74, 6) is 0.282. The van der Waals surface area contributed by atoms with E-state index in [0.29, 0.717) is 30.2 Å². The van der Waals surface area contributed by atoms with Gasteiger partial charge in [0, 0.05) is 38.2 Å². The number of aromatic nitrogens is 4. The van der Waals surface area contributed by atoms with Gasteiger partial charge in [0.1, 0.15) is 35.4 Å². The molecule has 1 unspecified atom stereocenters. The number of imide groups is 2. The van der Waals surface area contributed by atoms with Gasteiger partial charge in [-0.2, -0.15) is 5.10 Å². The minimum atomic E-state index is -0.960. The number of nitrogens with two attached hydrogens (primary N) is 1. The first-order valence-corrected chi connectivity index (χ1v) is 20.5. The molecule has 304 valence electrons. The van der Waals surface area contributed by atoms with Crippen molar-refractivity contribution in [2.45, 2.75) is 56.5 Å². The Kier molecular flexibility index (Phi) is 10.9. The molecule has 15 nitrogen and oxygen atoms in total. The zero-order valence-electron chi connectivity index (χ0n) is 32.8. The number of nitrogen functional groups attached to an aromatic ring is 1. The number of benzene rings is 3. The van der Waals surface area contributed by atoms with Crippen molar-refractivity contribution in [1.29, 1.82) is 0 Å². The fourth-order valence-corrected chi connectivity index (χ4v) is 8.87. The van der Waals surface area contributed by atoms with Gasteiger partial charge in [0.25, 0.3) is 11.8 Å². The summed E-state index contributed by atoms with van der Waals surface area (Å²) in [5.41, 5.74) is 10.5. The van der Waals surface area contributed by atoms with E-state index in [1.54, 1.807) is 6.07 Å². The Hall–Kier alpha value is -6.03. The summed E-state index contributed by atoms with van der Waals surface area (Å²) < 4.78 is 14.1. The average Bonchev–Trinajstić information content (AvgIpc) is 3.77. The zero-order valence-corrected chi connectivity index (χ0v) is 32.8. The SMILES string of the molecule is Nc1ncnc2c1c(-c1ccc(Oc3ccccc3)cc1)nn2C1CCN(CCOCCN2CCC(c3ccc4c(c3)C(=O)N(C3CCC(=O)NC3=O)C4=O)CC2)CC1. The molecule has 0 spiro atoms. The Labute approximate surface area is 341 Å². The summed E-state index contributed by atoms with van der Waals surface area (Å²) in [7, 11) is 0. The number of amides is 4. The maximum absolute atomic E-state index is 13.3. The minimum absolute atomic E-state index is 0.0998. The van der Waals surface area contributed by atoms with Crippen LogP contribution in [0.3, 0.4) is 0 Å². The lowest BCUT2D eigenvalue weighted by molar-refractivity contribution is -0.136. The van der Waals surface area contributed by atoms with Crippen LogP contribution in [0.4, 0.5) is 5.82 Å². The van der Waals surface area contributed by atoms with Gasteiger partial charge in [-0.1, -0.05) is 24.3 Å². The number of para-hydroxylation sites is 1. The summed E-state index contributed by atoms with van der Waals surface area (Å²) in [6, 6.07) is 22.3. The van der Waals surface area contributed by atoms with Crippen molar-refractivity contribution < 1.29 is 28.7 Å². The number of ether oxygens (including phenoxy) is 2. The number of nitrogens with zero attached hydrogens (tertiary/aromatic N) is 7. The fraction of sp³-hybridized carbons (Fsp3) is 0.386. The van der Waals surface area contributed by atoms with Gasteiger partial charge >= 0.3 is 0 Å². The van der Waals surface area contributed by atoms with Crippen LogP contribution in [0.5, 0.6) is 11.5 Å². The van der Waals surface area contributed by atoms with Crippen LogP contribution in [0, 0.1) is 0 Å². The molecule has 6 heterocycles. The highest BCUT2D eigenvalue weighted by Gasteiger charge is 2.45. The third-order valence-electron chi connectivity index (χ3n) is 12.2. The zero-order chi connectivity index (χ0) is 40.5. The molecule has 59 heavy (non-hydrogen) atoms. The number of anilines is 1. The average molecular weight is 798 g/mol. The molecule has 2 aromatic heterocycles. The van der Waals surface area contributed by atoms with Gasteiger partial charge in [-0.15, -0.1) is 0 Å². The predicted octanol–water partition coefficient (Wildman–Crippen LogP) is 4.80. The maximum Gasteiger partial charge on any atom is 0.262 e. The maximum atomic E-state index is 13.3. The first-order valence-electron chi connectivity index (χ1n) is 20.5. The molecular weight excluding hydrogens is 751 g/mol. The normalized spacial score (nSPS) is 19.7. The van der Waals surface area contributed by atoms with E-state index in [4.69, 9.17) is 20.3 Å². The second kappa shape index (κ2) is 16.7. The molecule has 0 bridgehead atoms. The summed E-state index contributed by atoms with van der Waals surface area (Å²) in [6.07, 6.45) is 5.50. The number of carbonyl (C=O) groups is 4. The molecule has 0 aliphatic carbocycles. The van der Waals surface area contributed by atoms with Gasteiger partial charge in [-0.3, -0.25) is 29.4 Å². The molecule has 9 rings (SSSR count). The van der Waals surface area contributed by atoms with Gasteiger partial charge in [0.15, 0.2) is 5.65 Å². The van der Waals surface area contributed by atoms with Crippen molar-refractivity contribution >= 4 is 40.5 Å². The summed E-state index contributed by atoms with van der Waals surface area (Å²) in [6.45, 7) is 6.76. The molecule has 15 heteroatoms. The van der Waals surface area contributed by atoms with Crippen LogP contribution >= 0.6 is 0 Å². The molecule has 4 amide bonds. The molecule has 3 saturated heterocycles. The number of hydrogen-bond donors (Lipinski definition) is 2. The third kappa shape index (κ3) is 7.92. The summed E-state index contributed by atoms with van der Waals surface area (Å²) >= 11 is 0. The number of likely N-dealkylation sites (tertiary alicyclic amines) is 2. The number of nitrogens with one attached hydrogen (secondary N) is 1. The second-order valence-corrected chi connectivity index (χ2v) is 15.7. The van der Waals surface area contributed by atoms with Gasteiger partial charge in [0.05, 0.1) is 35.8 Å². The van der Waals surface area contributed by atoms with E-state index in [1.165, 1.54) is 6.33 Å². The Morgan fingerprint density at radius 3 is 2.14 bits per heavy atom. The fourth-order valence-electron chi connectivity index (χ4n) is 8.87. The Bertz CT molecular complexity index is 2370. The van der Waals surface area contributed by atoms with Crippen LogP contribution in [0.25, 0.3) is 22.3 Å². The molecule has 4 aliphatic rings. The summed E-state index contributed by atoms with van der Waals surface area (Å²) in [5, 5.41) is 8.09. The lowest BCUT2D eigenvalue weighted by Crippen LogP contribution is -2.54. The lowest BCUT2D eigenvalue weighted by atomic mass is 9.88. The van der Waals surface area contributed by atoms with Crippen LogP contribution in [0.15, 0.2) is 79.1 Å². The van der Waals surface area contributed by atoms with E-state index >= 15 is 0 Å². The second-order valence-electron chi connectivity index (χ2n) is 15.7. The topological polar surface area (TPSA) is 178 Å². The molecule has 0 saturated carbocycles. The number of carbonyl (C=O) groups excluding carboxylic acids is 4. The lowest BCUT2D eigenvalue weighted by Gasteiger charge is -2.33. The van der Waals surface area contributed by atoms with Gasteiger partial charge in [0.2, 0.25) is 11.8 Å². The van der Waals surface area contributed by atoms with Crippen molar-refractivity contribution in [3.63, 3.8) is 0 Å². The third-order valence-corrected chi connectivity index (χ3v) is 12.2. The standard InChI is InChI=1S/C44H47N9O6/c45-40-38-39(29-6-9-33(10-7-29)59-32-4-2-1-3-5-32)49-53(41(38)47-27-46-40)31-16-20-51(21-17-31)23-25-58-24-22-50-18-14-28(15-19-50)30-8-11-34-35(26-30)44(57)52(43(34)56)36-12-13-37(54)48-42(36)55/h1-11,26-28,31,36H,12-25H2,(H2,45,46,47)(H,48,54,55). The van der Waals surface area contributed by atoms with E-state index in [-0.39, 0.29) is 30.7 Å². The van der Waals surface area contributed by atoms with Crippen molar-refractivity contribution in [1.82, 2.24) is 39.8 Å². The van der Waals surface area contributed by atoms with Crippen LogP contribution < -0.4 is 15.8 Å². The molecule has 3 N–H and O–H groups in total. The molecular formula is C44H47N9O6. The molecule has 4 aliphatic heterocycles. The number of piperidine rings is 3.